The van der Waals surface area contributed by atoms with Crippen molar-refractivity contribution in [3.63, 3.8) is 0 Å². The first-order valence-corrected chi connectivity index (χ1v) is 13.7. The van der Waals surface area contributed by atoms with Crippen molar-refractivity contribution >= 4 is 40.3 Å². The van der Waals surface area contributed by atoms with Gasteiger partial charge >= 0.3 is 0 Å². The summed E-state index contributed by atoms with van der Waals surface area (Å²) >= 11 is 12.1. The lowest BCUT2D eigenvalue weighted by molar-refractivity contribution is 0.122. The van der Waals surface area contributed by atoms with Crippen LogP contribution >= 0.6 is 23.8 Å². The Morgan fingerprint density at radius 1 is 0.921 bits per heavy atom. The summed E-state index contributed by atoms with van der Waals surface area (Å²) in [5, 5.41) is 5.01. The molecule has 4 heterocycles. The van der Waals surface area contributed by atoms with E-state index in [0.717, 1.165) is 59.8 Å². The number of ether oxygens (including phenoxy) is 1. The smallest absolute Gasteiger partial charge is 0.174 e. The first-order valence-electron chi connectivity index (χ1n) is 12.9. The number of aromatic nitrogens is 2. The minimum Gasteiger partial charge on any atom is -0.378 e. The molecule has 2 fully saturated rings. The van der Waals surface area contributed by atoms with E-state index in [1.165, 1.54) is 11.3 Å². The zero-order valence-electron chi connectivity index (χ0n) is 21.5. The molecule has 0 radical (unpaired) electrons. The number of anilines is 2. The van der Waals surface area contributed by atoms with Gasteiger partial charge in [-0.15, -0.1) is 0 Å². The Morgan fingerprint density at radius 2 is 1.61 bits per heavy atom. The van der Waals surface area contributed by atoms with Gasteiger partial charge in [-0.25, -0.2) is 0 Å². The highest BCUT2D eigenvalue weighted by Gasteiger charge is 2.42. The van der Waals surface area contributed by atoms with Crippen molar-refractivity contribution < 1.29 is 4.74 Å². The molecule has 0 spiro atoms. The molecule has 2 aliphatic rings. The number of morpholine rings is 1. The Kier molecular flexibility index (Phi) is 6.82. The number of halogens is 1. The van der Waals surface area contributed by atoms with E-state index in [0.29, 0.717) is 5.11 Å². The lowest BCUT2D eigenvalue weighted by Gasteiger charge is -2.31. The third-order valence-corrected chi connectivity index (χ3v) is 8.04. The van der Waals surface area contributed by atoms with Crippen LogP contribution in [0, 0.1) is 13.8 Å². The van der Waals surface area contributed by atoms with E-state index in [2.05, 4.69) is 82.1 Å². The first kappa shape index (κ1) is 24.9. The Labute approximate surface area is 233 Å². The van der Waals surface area contributed by atoms with Gasteiger partial charge in [-0.05, 0) is 98.4 Å². The van der Waals surface area contributed by atoms with Crippen molar-refractivity contribution in [2.75, 3.05) is 36.1 Å². The molecule has 194 valence electrons. The van der Waals surface area contributed by atoms with Crippen LogP contribution < -0.4 is 15.1 Å². The highest BCUT2D eigenvalue weighted by molar-refractivity contribution is 7.80. The van der Waals surface area contributed by atoms with E-state index in [-0.39, 0.29) is 12.1 Å². The summed E-state index contributed by atoms with van der Waals surface area (Å²) in [4.78, 5) is 9.32. The highest BCUT2D eigenvalue weighted by atomic mass is 35.5. The molecule has 1 N–H and O–H groups in total. The summed E-state index contributed by atoms with van der Waals surface area (Å²) in [6, 6.07) is 24.8. The molecular formula is C30H30ClN5OS. The highest BCUT2D eigenvalue weighted by Crippen LogP contribution is 2.44. The van der Waals surface area contributed by atoms with Gasteiger partial charge in [-0.1, -0.05) is 17.7 Å². The average molecular weight is 544 g/mol. The Morgan fingerprint density at radius 3 is 2.29 bits per heavy atom. The fourth-order valence-corrected chi connectivity index (χ4v) is 6.14. The summed E-state index contributed by atoms with van der Waals surface area (Å²) in [6.45, 7) is 7.66. The molecule has 2 saturated heterocycles. The molecule has 8 heteroatoms. The van der Waals surface area contributed by atoms with Crippen molar-refractivity contribution in [2.45, 2.75) is 25.9 Å². The second kappa shape index (κ2) is 10.4. The third kappa shape index (κ3) is 4.55. The third-order valence-electron chi connectivity index (χ3n) is 7.48. The van der Waals surface area contributed by atoms with Gasteiger partial charge < -0.3 is 24.4 Å². The zero-order chi connectivity index (χ0) is 26.2. The van der Waals surface area contributed by atoms with Gasteiger partial charge in [0, 0.05) is 52.8 Å². The second-order valence-corrected chi connectivity index (χ2v) is 10.6. The molecule has 2 atom stereocenters. The number of rotatable bonds is 5. The molecule has 38 heavy (non-hydrogen) atoms. The summed E-state index contributed by atoms with van der Waals surface area (Å²) in [5.41, 5.74) is 7.83. The van der Waals surface area contributed by atoms with Crippen LogP contribution in [0.15, 0.2) is 79.0 Å². The molecule has 0 bridgehead atoms. The van der Waals surface area contributed by atoms with E-state index < -0.39 is 0 Å². The van der Waals surface area contributed by atoms with E-state index in [1.807, 2.05) is 30.5 Å². The molecule has 2 aliphatic heterocycles. The van der Waals surface area contributed by atoms with Crippen LogP contribution in [-0.2, 0) is 4.74 Å². The quantitative estimate of drug-likeness (QED) is 0.304. The number of thiocarbonyl (C=S) groups is 1. The summed E-state index contributed by atoms with van der Waals surface area (Å²) < 4.78 is 7.81. The van der Waals surface area contributed by atoms with Crippen LogP contribution in [0.1, 0.15) is 34.7 Å². The molecule has 0 aliphatic carbocycles. The molecule has 6 rings (SSSR count). The standard InChI is InChI=1S/C30H30ClN5OS/c1-20-19-26(21(2)35(20)24-8-6-22(31)7-9-24)29-28(27-5-3-4-14-32-27)33-30(38)36(29)25-12-10-23(11-13-25)34-15-17-37-18-16-34/h3-14,19,28-29H,15-18H2,1-2H3,(H,33,38)/t28-,29+/m1/s1. The van der Waals surface area contributed by atoms with Gasteiger partial charge in [-0.3, -0.25) is 4.98 Å². The van der Waals surface area contributed by atoms with Crippen LogP contribution in [0.5, 0.6) is 0 Å². The largest absolute Gasteiger partial charge is 0.378 e. The maximum atomic E-state index is 6.18. The molecule has 0 saturated carbocycles. The second-order valence-electron chi connectivity index (χ2n) is 9.75. The van der Waals surface area contributed by atoms with Crippen LogP contribution in [0.3, 0.4) is 0 Å². The molecule has 2 aromatic heterocycles. The van der Waals surface area contributed by atoms with Gasteiger partial charge in [0.05, 0.1) is 31.0 Å². The van der Waals surface area contributed by atoms with Gasteiger partial charge in [0.25, 0.3) is 0 Å². The number of nitrogens with one attached hydrogen (secondary N) is 1. The SMILES string of the molecule is Cc1cc([C@H]2[C@@H](c3ccccn3)NC(=S)N2c2ccc(N3CCOCC3)cc2)c(C)n1-c1ccc(Cl)cc1. The van der Waals surface area contributed by atoms with Gasteiger partial charge in [0.1, 0.15) is 0 Å². The number of hydrogen-bond donors (Lipinski definition) is 1. The van der Waals surface area contributed by atoms with Crippen molar-refractivity contribution in [1.29, 1.82) is 0 Å². The lowest BCUT2D eigenvalue weighted by Crippen LogP contribution is -2.36. The average Bonchev–Trinajstić information content (AvgIpc) is 3.45. The molecule has 0 unspecified atom stereocenters. The van der Waals surface area contributed by atoms with Crippen LogP contribution in [0.4, 0.5) is 11.4 Å². The minimum atomic E-state index is -0.0956. The predicted octanol–water partition coefficient (Wildman–Crippen LogP) is 6.16. The minimum absolute atomic E-state index is 0.0705. The van der Waals surface area contributed by atoms with E-state index in [9.17, 15) is 0 Å². The maximum Gasteiger partial charge on any atom is 0.174 e. The van der Waals surface area contributed by atoms with Crippen LogP contribution in [-0.4, -0.2) is 41.0 Å². The zero-order valence-corrected chi connectivity index (χ0v) is 23.0. The van der Waals surface area contributed by atoms with Crippen molar-refractivity contribution in [3.8, 4) is 5.69 Å². The number of hydrogen-bond acceptors (Lipinski definition) is 4. The van der Waals surface area contributed by atoms with Crippen molar-refractivity contribution in [1.82, 2.24) is 14.9 Å². The Hall–Kier alpha value is -3.39. The van der Waals surface area contributed by atoms with E-state index >= 15 is 0 Å². The fraction of sp³-hybridized carbons (Fsp3) is 0.267. The van der Waals surface area contributed by atoms with Crippen molar-refractivity contribution in [2.24, 2.45) is 0 Å². The van der Waals surface area contributed by atoms with E-state index in [4.69, 9.17) is 33.5 Å². The summed E-state index contributed by atoms with van der Waals surface area (Å²) in [7, 11) is 0. The summed E-state index contributed by atoms with van der Waals surface area (Å²) in [6.07, 6.45) is 1.84. The van der Waals surface area contributed by atoms with Crippen LogP contribution in [0.25, 0.3) is 5.69 Å². The molecular weight excluding hydrogens is 514 g/mol. The normalized spacial score (nSPS) is 19.6. The number of nitrogens with zero attached hydrogens (tertiary/aromatic N) is 4. The van der Waals surface area contributed by atoms with E-state index in [1.54, 1.807) is 0 Å². The topological polar surface area (TPSA) is 45.6 Å². The number of aryl methyl sites for hydroxylation is 1. The monoisotopic (exact) mass is 543 g/mol. The molecule has 2 aromatic carbocycles. The lowest BCUT2D eigenvalue weighted by atomic mass is 9.96. The Balaban J connectivity index is 1.43. The molecule has 0 amide bonds. The maximum absolute atomic E-state index is 6.18. The fourth-order valence-electron chi connectivity index (χ4n) is 5.67. The molecule has 6 nitrogen and oxygen atoms in total. The predicted molar refractivity (Wildman–Crippen MR) is 158 cm³/mol. The van der Waals surface area contributed by atoms with Crippen LogP contribution in [0.2, 0.25) is 5.02 Å². The van der Waals surface area contributed by atoms with Gasteiger partial charge in [0.2, 0.25) is 0 Å². The summed E-state index contributed by atoms with van der Waals surface area (Å²) in [5.74, 6) is 0. The van der Waals surface area contributed by atoms with Gasteiger partial charge in [0.15, 0.2) is 5.11 Å². The Bertz CT molecular complexity index is 1430. The number of pyridine rings is 1. The molecule has 4 aromatic rings. The number of benzene rings is 2. The van der Waals surface area contributed by atoms with Crippen molar-refractivity contribution in [3.05, 3.63) is 107 Å². The first-order chi connectivity index (χ1) is 18.5. The van der Waals surface area contributed by atoms with Gasteiger partial charge in [-0.2, -0.15) is 0 Å².